The van der Waals surface area contributed by atoms with Gasteiger partial charge < -0.3 is 10.2 Å². The minimum absolute atomic E-state index is 0.104. The van der Waals surface area contributed by atoms with Crippen LogP contribution in [0.2, 0.25) is 0 Å². The van der Waals surface area contributed by atoms with Gasteiger partial charge in [0.05, 0.1) is 17.6 Å². The van der Waals surface area contributed by atoms with Crippen LogP contribution in [0, 0.1) is 0 Å². The number of aliphatic hydroxyl groups excluding tert-OH is 2. The molecule has 1 aromatic rings. The number of rotatable bonds is 5. The Hall–Kier alpha value is -0.470. The molecule has 90 valence electrons. The van der Waals surface area contributed by atoms with Crippen LogP contribution in [0.3, 0.4) is 0 Å². The molecule has 16 heavy (non-hydrogen) atoms. The number of sulfonamides is 1. The monoisotopic (exact) mass is 309 g/mol. The first-order valence-corrected chi connectivity index (χ1v) is 6.77. The second-order valence-electron chi connectivity index (χ2n) is 3.15. The molecule has 7 heteroatoms. The summed E-state index contributed by atoms with van der Waals surface area (Å²) in [6.45, 7) is -0.702. The molecule has 0 radical (unpaired) electrons. The molecule has 5 nitrogen and oxygen atoms in total. The minimum atomic E-state index is -3.64. The van der Waals surface area contributed by atoms with Gasteiger partial charge in [-0.1, -0.05) is 22.0 Å². The minimum Gasteiger partial charge on any atom is -0.394 e. The van der Waals surface area contributed by atoms with Crippen LogP contribution in [0.4, 0.5) is 0 Å². The second kappa shape index (κ2) is 5.74. The number of hydrogen-bond donors (Lipinski definition) is 3. The van der Waals surface area contributed by atoms with E-state index in [4.69, 9.17) is 10.2 Å². The summed E-state index contributed by atoms with van der Waals surface area (Å²) in [6.07, 6.45) is -1.10. The van der Waals surface area contributed by atoms with Crippen LogP contribution >= 0.6 is 15.9 Å². The number of hydrogen-bond acceptors (Lipinski definition) is 4. The standard InChI is InChI=1S/C9H12BrNO4S/c10-7-2-1-3-9(4-7)16(14,15)11-5-8(13)6-12/h1-4,8,11-13H,5-6H2/t8-/m0/s1. The maximum Gasteiger partial charge on any atom is 0.240 e. The SMILES string of the molecule is O=S(=O)(NC[C@H](O)CO)c1cccc(Br)c1. The lowest BCUT2D eigenvalue weighted by Gasteiger charge is -2.09. The molecule has 3 N–H and O–H groups in total. The first kappa shape index (κ1) is 13.6. The quantitative estimate of drug-likeness (QED) is 0.719. The van der Waals surface area contributed by atoms with E-state index in [1.807, 2.05) is 0 Å². The summed E-state index contributed by atoms with van der Waals surface area (Å²) in [4.78, 5) is 0.104. The fraction of sp³-hybridized carbons (Fsp3) is 0.333. The first-order chi connectivity index (χ1) is 7.45. The number of nitrogens with one attached hydrogen (secondary N) is 1. The topological polar surface area (TPSA) is 86.6 Å². The Kier molecular flexibility index (Phi) is 4.88. The molecule has 0 amide bonds. The molecule has 0 aromatic heterocycles. The van der Waals surface area contributed by atoms with Crippen LogP contribution in [0.25, 0.3) is 0 Å². The van der Waals surface area contributed by atoms with Gasteiger partial charge in [0.2, 0.25) is 10.0 Å². The highest BCUT2D eigenvalue weighted by Gasteiger charge is 2.15. The highest BCUT2D eigenvalue weighted by Crippen LogP contribution is 2.15. The molecule has 0 unspecified atom stereocenters. The molecule has 1 atom stereocenters. The van der Waals surface area contributed by atoms with Gasteiger partial charge in [0.15, 0.2) is 0 Å². The maximum atomic E-state index is 11.7. The van der Waals surface area contributed by atoms with Crippen LogP contribution in [-0.4, -0.2) is 37.9 Å². The average molecular weight is 310 g/mol. The van der Waals surface area contributed by atoms with E-state index in [0.717, 1.165) is 0 Å². The van der Waals surface area contributed by atoms with E-state index in [9.17, 15) is 8.42 Å². The molecule has 0 saturated carbocycles. The van der Waals surface area contributed by atoms with Crippen LogP contribution in [0.5, 0.6) is 0 Å². The summed E-state index contributed by atoms with van der Waals surface area (Å²) in [7, 11) is -3.64. The molecule has 0 fully saturated rings. The number of halogens is 1. The Labute approximate surface area is 102 Å². The molecule has 0 spiro atoms. The lowest BCUT2D eigenvalue weighted by molar-refractivity contribution is 0.0988. The molecule has 1 rings (SSSR count). The molecular formula is C9H12BrNO4S. The smallest absolute Gasteiger partial charge is 0.240 e. The van der Waals surface area contributed by atoms with E-state index in [-0.39, 0.29) is 11.4 Å². The van der Waals surface area contributed by atoms with Gasteiger partial charge in [-0.25, -0.2) is 13.1 Å². The van der Waals surface area contributed by atoms with Crippen molar-refractivity contribution in [3.05, 3.63) is 28.7 Å². The van der Waals surface area contributed by atoms with Crippen molar-refractivity contribution in [3.63, 3.8) is 0 Å². The van der Waals surface area contributed by atoms with Gasteiger partial charge in [-0.2, -0.15) is 0 Å². The first-order valence-electron chi connectivity index (χ1n) is 4.50. The van der Waals surface area contributed by atoms with Crippen molar-refractivity contribution in [1.29, 1.82) is 0 Å². The van der Waals surface area contributed by atoms with Crippen molar-refractivity contribution in [2.24, 2.45) is 0 Å². The normalized spacial score (nSPS) is 13.7. The highest BCUT2D eigenvalue weighted by molar-refractivity contribution is 9.10. The van der Waals surface area contributed by atoms with Crippen LogP contribution in [0.15, 0.2) is 33.6 Å². The molecule has 0 heterocycles. The van der Waals surface area contributed by atoms with Gasteiger partial charge in [0.1, 0.15) is 0 Å². The largest absolute Gasteiger partial charge is 0.394 e. The van der Waals surface area contributed by atoms with E-state index in [0.29, 0.717) is 4.47 Å². The zero-order valence-corrected chi connectivity index (χ0v) is 10.7. The van der Waals surface area contributed by atoms with Crippen molar-refractivity contribution in [3.8, 4) is 0 Å². The lowest BCUT2D eigenvalue weighted by Crippen LogP contribution is -2.33. The van der Waals surface area contributed by atoms with Gasteiger partial charge >= 0.3 is 0 Å². The van der Waals surface area contributed by atoms with Crippen LogP contribution in [0.1, 0.15) is 0 Å². The summed E-state index contributed by atoms with van der Waals surface area (Å²) in [5.74, 6) is 0. The summed E-state index contributed by atoms with van der Waals surface area (Å²) in [5, 5.41) is 17.6. The maximum absolute atomic E-state index is 11.7. The molecule has 0 bridgehead atoms. The zero-order chi connectivity index (χ0) is 12.2. The van der Waals surface area contributed by atoms with E-state index in [1.165, 1.54) is 12.1 Å². The Morgan fingerprint density at radius 2 is 2.12 bits per heavy atom. The lowest BCUT2D eigenvalue weighted by atomic mass is 10.4. The Morgan fingerprint density at radius 1 is 1.44 bits per heavy atom. The summed E-state index contributed by atoms with van der Waals surface area (Å²) in [6, 6.07) is 6.20. The van der Waals surface area contributed by atoms with Crippen molar-refractivity contribution >= 4 is 26.0 Å². The van der Waals surface area contributed by atoms with Crippen LogP contribution in [-0.2, 0) is 10.0 Å². The molecule has 0 aliphatic carbocycles. The predicted molar refractivity (Wildman–Crippen MR) is 62.4 cm³/mol. The fourth-order valence-electron chi connectivity index (χ4n) is 0.988. The Bertz CT molecular complexity index is 449. The molecule has 0 saturated heterocycles. The predicted octanol–water partition coefficient (Wildman–Crippen LogP) is 0.0806. The van der Waals surface area contributed by atoms with Gasteiger partial charge in [-0.05, 0) is 18.2 Å². The van der Waals surface area contributed by atoms with E-state index < -0.39 is 22.7 Å². The molecule has 0 aliphatic heterocycles. The summed E-state index contributed by atoms with van der Waals surface area (Å²) < 4.78 is 26.2. The van der Waals surface area contributed by atoms with Crippen molar-refractivity contribution < 1.29 is 18.6 Å². The van der Waals surface area contributed by atoms with Gasteiger partial charge in [0.25, 0.3) is 0 Å². The second-order valence-corrected chi connectivity index (χ2v) is 5.83. The fourth-order valence-corrected chi connectivity index (χ4v) is 2.66. The third kappa shape index (κ3) is 3.84. The van der Waals surface area contributed by atoms with E-state index in [1.54, 1.807) is 12.1 Å². The molecule has 0 aliphatic rings. The molecule has 1 aromatic carbocycles. The van der Waals surface area contributed by atoms with E-state index >= 15 is 0 Å². The Balaban J connectivity index is 2.78. The summed E-state index contributed by atoms with van der Waals surface area (Å²) in [5.41, 5.74) is 0. The number of benzene rings is 1. The number of aliphatic hydroxyl groups is 2. The van der Waals surface area contributed by atoms with Crippen molar-refractivity contribution in [2.75, 3.05) is 13.2 Å². The third-order valence-corrected chi connectivity index (χ3v) is 3.74. The third-order valence-electron chi connectivity index (χ3n) is 1.83. The van der Waals surface area contributed by atoms with Gasteiger partial charge in [-0.3, -0.25) is 0 Å². The zero-order valence-electron chi connectivity index (χ0n) is 8.30. The van der Waals surface area contributed by atoms with Crippen LogP contribution < -0.4 is 4.72 Å². The van der Waals surface area contributed by atoms with Crippen molar-refractivity contribution in [1.82, 2.24) is 4.72 Å². The Morgan fingerprint density at radius 3 is 2.69 bits per heavy atom. The van der Waals surface area contributed by atoms with Crippen molar-refractivity contribution in [2.45, 2.75) is 11.0 Å². The van der Waals surface area contributed by atoms with Gasteiger partial charge in [0, 0.05) is 11.0 Å². The van der Waals surface area contributed by atoms with Gasteiger partial charge in [-0.15, -0.1) is 0 Å². The molecular weight excluding hydrogens is 298 g/mol. The summed E-state index contributed by atoms with van der Waals surface area (Å²) >= 11 is 3.17. The van der Waals surface area contributed by atoms with E-state index in [2.05, 4.69) is 20.7 Å². The highest BCUT2D eigenvalue weighted by atomic mass is 79.9. The average Bonchev–Trinajstić information content (AvgIpc) is 2.26.